The molecule has 108 valence electrons. The van der Waals surface area contributed by atoms with E-state index in [-0.39, 0.29) is 0 Å². The first kappa shape index (κ1) is 15.5. The van der Waals surface area contributed by atoms with Crippen LogP contribution in [0.4, 0.5) is 0 Å². The van der Waals surface area contributed by atoms with Crippen LogP contribution in [0, 0.1) is 5.92 Å². The van der Waals surface area contributed by atoms with E-state index < -0.39 is 0 Å². The van der Waals surface area contributed by atoms with Gasteiger partial charge in [0.15, 0.2) is 0 Å². The largest absolute Gasteiger partial charge is 0.314 e. The van der Waals surface area contributed by atoms with E-state index >= 15 is 0 Å². The molecular weight excluding hydrogens is 320 g/mol. The summed E-state index contributed by atoms with van der Waals surface area (Å²) in [5.41, 5.74) is 0. The minimum absolute atomic E-state index is 0.748. The fraction of sp³-hybridized carbons (Fsp3) is 0.733. The maximum absolute atomic E-state index is 3.72. The quantitative estimate of drug-likeness (QED) is 0.800. The fourth-order valence-corrected chi connectivity index (χ4v) is 4.55. The topological polar surface area (TPSA) is 15.3 Å². The predicted octanol–water partition coefficient (Wildman–Crippen LogP) is 4.11. The minimum Gasteiger partial charge on any atom is -0.314 e. The summed E-state index contributed by atoms with van der Waals surface area (Å²) in [6.07, 6.45) is 5.38. The molecule has 0 amide bonds. The summed E-state index contributed by atoms with van der Waals surface area (Å²) in [4.78, 5) is 3.93. The molecular formula is C15H25BrN2S. The Labute approximate surface area is 129 Å². The standard InChI is InChI=1S/C15H25BrN2S/c1-3-7-17-15-6-4-5-12(15)9-18(2)10-14-8-13(16)11-19-14/h8,11-12,15,17H,3-7,9-10H2,1-2H3. The Morgan fingerprint density at radius 2 is 2.32 bits per heavy atom. The van der Waals surface area contributed by atoms with Crippen LogP contribution in [-0.2, 0) is 6.54 Å². The number of thiophene rings is 1. The highest BCUT2D eigenvalue weighted by Crippen LogP contribution is 2.27. The van der Waals surface area contributed by atoms with Gasteiger partial charge in [-0.25, -0.2) is 0 Å². The van der Waals surface area contributed by atoms with Crippen LogP contribution in [0.25, 0.3) is 0 Å². The van der Waals surface area contributed by atoms with E-state index in [9.17, 15) is 0 Å². The molecule has 1 fully saturated rings. The molecule has 1 aliphatic carbocycles. The molecule has 0 saturated heterocycles. The molecule has 2 atom stereocenters. The Kier molecular flexibility index (Phi) is 6.33. The molecule has 2 rings (SSSR count). The third-order valence-electron chi connectivity index (χ3n) is 3.91. The second kappa shape index (κ2) is 7.77. The smallest absolute Gasteiger partial charge is 0.0325 e. The lowest BCUT2D eigenvalue weighted by Gasteiger charge is -2.26. The minimum atomic E-state index is 0.748. The van der Waals surface area contributed by atoms with Crippen LogP contribution < -0.4 is 5.32 Å². The van der Waals surface area contributed by atoms with Crippen LogP contribution in [0.5, 0.6) is 0 Å². The first-order chi connectivity index (χ1) is 9.19. The Hall–Kier alpha value is 0.1000. The van der Waals surface area contributed by atoms with Gasteiger partial charge in [-0.2, -0.15) is 0 Å². The van der Waals surface area contributed by atoms with Gasteiger partial charge in [-0.3, -0.25) is 0 Å². The van der Waals surface area contributed by atoms with Gasteiger partial charge >= 0.3 is 0 Å². The van der Waals surface area contributed by atoms with Crippen LogP contribution in [0.15, 0.2) is 15.9 Å². The molecule has 1 aromatic rings. The molecule has 1 saturated carbocycles. The van der Waals surface area contributed by atoms with E-state index in [1.807, 2.05) is 11.3 Å². The van der Waals surface area contributed by atoms with Crippen molar-refractivity contribution in [1.82, 2.24) is 10.2 Å². The third kappa shape index (κ3) is 4.85. The summed E-state index contributed by atoms with van der Waals surface area (Å²) >= 11 is 5.38. The van der Waals surface area contributed by atoms with Crippen molar-refractivity contribution >= 4 is 27.3 Å². The van der Waals surface area contributed by atoms with Gasteiger partial charge in [0.05, 0.1) is 0 Å². The van der Waals surface area contributed by atoms with Crippen LogP contribution in [-0.4, -0.2) is 31.1 Å². The van der Waals surface area contributed by atoms with Gasteiger partial charge in [0.2, 0.25) is 0 Å². The maximum atomic E-state index is 3.72. The van der Waals surface area contributed by atoms with E-state index in [1.54, 1.807) is 0 Å². The van der Waals surface area contributed by atoms with Crippen LogP contribution in [0.1, 0.15) is 37.5 Å². The summed E-state index contributed by atoms with van der Waals surface area (Å²) in [6, 6.07) is 2.99. The van der Waals surface area contributed by atoms with Crippen LogP contribution in [0.3, 0.4) is 0 Å². The van der Waals surface area contributed by atoms with Crippen molar-refractivity contribution in [2.75, 3.05) is 20.1 Å². The Bertz CT molecular complexity index is 380. The number of hydrogen-bond donors (Lipinski definition) is 1. The fourth-order valence-electron chi connectivity index (χ4n) is 3.02. The van der Waals surface area contributed by atoms with Crippen molar-refractivity contribution in [2.45, 2.75) is 45.2 Å². The van der Waals surface area contributed by atoms with Crippen LogP contribution in [0.2, 0.25) is 0 Å². The van der Waals surface area contributed by atoms with Crippen molar-refractivity contribution < 1.29 is 0 Å². The van der Waals surface area contributed by atoms with Crippen LogP contribution >= 0.6 is 27.3 Å². The Morgan fingerprint density at radius 3 is 3.00 bits per heavy atom. The normalized spacial score (nSPS) is 23.4. The maximum Gasteiger partial charge on any atom is 0.0325 e. The summed E-state index contributed by atoms with van der Waals surface area (Å²) in [5.74, 6) is 0.833. The lowest BCUT2D eigenvalue weighted by Crippen LogP contribution is -2.38. The zero-order valence-electron chi connectivity index (χ0n) is 12.0. The molecule has 4 heteroatoms. The van der Waals surface area contributed by atoms with Gasteiger partial charge < -0.3 is 10.2 Å². The number of nitrogens with one attached hydrogen (secondary N) is 1. The number of hydrogen-bond acceptors (Lipinski definition) is 3. The summed E-state index contributed by atoms with van der Waals surface area (Å²) in [6.45, 7) is 5.71. The molecule has 0 spiro atoms. The van der Waals surface area contributed by atoms with E-state index in [0.29, 0.717) is 0 Å². The highest BCUT2D eigenvalue weighted by Gasteiger charge is 2.27. The van der Waals surface area contributed by atoms with Gasteiger partial charge in [-0.15, -0.1) is 11.3 Å². The van der Waals surface area contributed by atoms with Gasteiger partial charge in [-0.1, -0.05) is 13.3 Å². The summed E-state index contributed by atoms with van der Waals surface area (Å²) in [7, 11) is 2.25. The van der Waals surface area contributed by atoms with Gasteiger partial charge in [-0.05, 0) is 60.8 Å². The van der Waals surface area contributed by atoms with E-state index in [1.165, 1.54) is 48.1 Å². The second-order valence-electron chi connectivity index (χ2n) is 5.68. The third-order valence-corrected chi connectivity index (χ3v) is 5.59. The molecule has 0 aliphatic heterocycles. The highest BCUT2D eigenvalue weighted by atomic mass is 79.9. The Balaban J connectivity index is 1.79. The molecule has 1 aromatic heterocycles. The zero-order valence-corrected chi connectivity index (χ0v) is 14.4. The van der Waals surface area contributed by atoms with Crippen molar-refractivity contribution in [2.24, 2.45) is 5.92 Å². The molecule has 1 heterocycles. The Morgan fingerprint density at radius 1 is 1.47 bits per heavy atom. The monoisotopic (exact) mass is 344 g/mol. The predicted molar refractivity (Wildman–Crippen MR) is 87.8 cm³/mol. The summed E-state index contributed by atoms with van der Waals surface area (Å²) < 4.78 is 1.21. The molecule has 2 nitrogen and oxygen atoms in total. The van der Waals surface area contributed by atoms with E-state index in [0.717, 1.165) is 18.5 Å². The molecule has 2 unspecified atom stereocenters. The molecule has 0 radical (unpaired) electrons. The van der Waals surface area contributed by atoms with Crippen molar-refractivity contribution in [1.29, 1.82) is 0 Å². The van der Waals surface area contributed by atoms with Gasteiger partial charge in [0.25, 0.3) is 0 Å². The molecule has 19 heavy (non-hydrogen) atoms. The number of nitrogens with zero attached hydrogens (tertiary/aromatic N) is 1. The lowest BCUT2D eigenvalue weighted by molar-refractivity contribution is 0.246. The summed E-state index contributed by atoms with van der Waals surface area (Å²) in [5, 5.41) is 5.89. The van der Waals surface area contributed by atoms with Gasteiger partial charge in [0.1, 0.15) is 0 Å². The van der Waals surface area contributed by atoms with Crippen molar-refractivity contribution in [3.05, 3.63) is 20.8 Å². The highest BCUT2D eigenvalue weighted by molar-refractivity contribution is 9.10. The van der Waals surface area contributed by atoms with Gasteiger partial charge in [0, 0.05) is 33.9 Å². The van der Waals surface area contributed by atoms with E-state index in [4.69, 9.17) is 0 Å². The first-order valence-electron chi connectivity index (χ1n) is 7.34. The second-order valence-corrected chi connectivity index (χ2v) is 7.59. The lowest BCUT2D eigenvalue weighted by atomic mass is 10.0. The molecule has 1 N–H and O–H groups in total. The number of halogens is 1. The van der Waals surface area contributed by atoms with E-state index in [2.05, 4.69) is 51.6 Å². The molecule has 1 aliphatic rings. The molecule has 0 bridgehead atoms. The average Bonchev–Trinajstić information content (AvgIpc) is 2.96. The van der Waals surface area contributed by atoms with Crippen molar-refractivity contribution in [3.63, 3.8) is 0 Å². The SMILES string of the molecule is CCCNC1CCCC1CN(C)Cc1cc(Br)cs1. The van der Waals surface area contributed by atoms with Crippen molar-refractivity contribution in [3.8, 4) is 0 Å². The number of rotatable bonds is 7. The first-order valence-corrected chi connectivity index (χ1v) is 9.01. The molecule has 0 aromatic carbocycles. The zero-order chi connectivity index (χ0) is 13.7. The average molecular weight is 345 g/mol.